The Morgan fingerprint density at radius 3 is 2.10 bits per heavy atom. The average Bonchev–Trinajstić information content (AvgIpc) is 3.72. The van der Waals surface area contributed by atoms with Crippen molar-refractivity contribution < 1.29 is 25.8 Å². The van der Waals surface area contributed by atoms with Crippen molar-refractivity contribution in [1.82, 2.24) is 14.5 Å². The summed E-state index contributed by atoms with van der Waals surface area (Å²) in [5.74, 6) is 3.33. The van der Waals surface area contributed by atoms with E-state index in [1.807, 2.05) is 36.7 Å². The standard InChI is InChI=1S/C45H47N4O.Pt/c1-29(2)33-23-39(30(3)4)44(40(24-33)31(5)6)32-19-20-46-43(25-32)49-41-16-11-10-15-37(41)38-18-17-36(27-42(38)49)50-35-14-12-13-34(26-35)47-21-22-48(28-47)45(7,8)9;/h10-25,28-31H,1-9H3;/q-3;. The maximum Gasteiger partial charge on any atom is 0.136 e. The van der Waals surface area contributed by atoms with Crippen LogP contribution >= 0.6 is 0 Å². The van der Waals surface area contributed by atoms with Gasteiger partial charge in [0, 0.05) is 49.8 Å². The van der Waals surface area contributed by atoms with Crippen LogP contribution in [0, 0.1) is 18.8 Å². The van der Waals surface area contributed by atoms with Gasteiger partial charge in [-0.3, -0.25) is 0 Å². The molecule has 0 bridgehead atoms. The van der Waals surface area contributed by atoms with Crippen LogP contribution in [0.2, 0.25) is 0 Å². The predicted molar refractivity (Wildman–Crippen MR) is 208 cm³/mol. The van der Waals surface area contributed by atoms with E-state index in [4.69, 9.17) is 9.72 Å². The molecule has 4 aromatic carbocycles. The second kappa shape index (κ2) is 14.4. The van der Waals surface area contributed by atoms with Gasteiger partial charge in [0.2, 0.25) is 0 Å². The van der Waals surface area contributed by atoms with E-state index in [9.17, 15) is 0 Å². The van der Waals surface area contributed by atoms with Crippen molar-refractivity contribution in [2.24, 2.45) is 0 Å². The van der Waals surface area contributed by atoms with Crippen LogP contribution in [0.25, 0.3) is 38.8 Å². The van der Waals surface area contributed by atoms with E-state index in [0.717, 1.165) is 33.3 Å². The van der Waals surface area contributed by atoms with Gasteiger partial charge in [0.1, 0.15) is 5.82 Å². The number of rotatable bonds is 8. The molecular formula is C45H47N4OPt-3. The quantitative estimate of drug-likeness (QED) is 0.143. The Morgan fingerprint density at radius 2 is 1.43 bits per heavy atom. The molecule has 0 fully saturated rings. The monoisotopic (exact) mass is 854 g/mol. The van der Waals surface area contributed by atoms with Crippen LogP contribution in [-0.4, -0.2) is 20.0 Å². The van der Waals surface area contributed by atoms with Gasteiger partial charge in [-0.15, -0.1) is 41.4 Å². The number of fused-ring (bicyclic) bond motifs is 3. The van der Waals surface area contributed by atoms with E-state index in [2.05, 4.69) is 156 Å². The first-order valence-corrected chi connectivity index (χ1v) is 17.8. The molecule has 51 heavy (non-hydrogen) atoms. The summed E-state index contributed by atoms with van der Waals surface area (Å²) in [5, 5.41) is 2.25. The normalized spacial score (nSPS) is 13.3. The Hall–Kier alpha value is -4.34. The summed E-state index contributed by atoms with van der Waals surface area (Å²) >= 11 is 0. The minimum absolute atomic E-state index is 0. The first-order chi connectivity index (χ1) is 23.9. The molecule has 0 aliphatic carbocycles. The van der Waals surface area contributed by atoms with Crippen molar-refractivity contribution in [2.45, 2.75) is 85.6 Å². The van der Waals surface area contributed by atoms with Gasteiger partial charge in [-0.25, -0.2) is 4.98 Å². The van der Waals surface area contributed by atoms with E-state index in [1.165, 1.54) is 27.8 Å². The van der Waals surface area contributed by atoms with Gasteiger partial charge in [-0.1, -0.05) is 77.4 Å². The second-order valence-corrected chi connectivity index (χ2v) is 15.3. The van der Waals surface area contributed by atoms with Crippen LogP contribution in [0.1, 0.15) is 96.8 Å². The third-order valence-electron chi connectivity index (χ3n) is 9.61. The first kappa shape index (κ1) is 36.4. The maximum absolute atomic E-state index is 6.45. The summed E-state index contributed by atoms with van der Waals surface area (Å²) in [4.78, 5) is 9.22. The fraction of sp³-hybridized carbons (Fsp3) is 0.289. The number of para-hydroxylation sites is 1. The number of pyridine rings is 1. The first-order valence-electron chi connectivity index (χ1n) is 17.8. The molecule has 0 spiro atoms. The largest absolute Gasteiger partial charge is 0.509 e. The van der Waals surface area contributed by atoms with Crippen molar-refractivity contribution in [3.63, 3.8) is 0 Å². The van der Waals surface area contributed by atoms with Crippen LogP contribution in [0.15, 0.2) is 97.5 Å². The molecule has 2 aromatic heterocycles. The van der Waals surface area contributed by atoms with Crippen LogP contribution in [0.3, 0.4) is 0 Å². The molecule has 5 nitrogen and oxygen atoms in total. The van der Waals surface area contributed by atoms with Gasteiger partial charge in [0.15, 0.2) is 0 Å². The van der Waals surface area contributed by atoms with Crippen molar-refractivity contribution in [3.05, 3.63) is 133 Å². The van der Waals surface area contributed by atoms with Crippen LogP contribution in [-0.2, 0) is 21.1 Å². The predicted octanol–water partition coefficient (Wildman–Crippen LogP) is 12.1. The third-order valence-corrected chi connectivity index (χ3v) is 9.61. The van der Waals surface area contributed by atoms with E-state index >= 15 is 0 Å². The Bertz CT molecular complexity index is 2190. The second-order valence-electron chi connectivity index (χ2n) is 15.3. The van der Waals surface area contributed by atoms with E-state index < -0.39 is 0 Å². The molecule has 3 heterocycles. The molecule has 0 saturated carbocycles. The molecule has 7 rings (SSSR count). The molecule has 6 heteroatoms. The van der Waals surface area contributed by atoms with Gasteiger partial charge in [0.05, 0.1) is 0 Å². The molecule has 1 aliphatic heterocycles. The number of hydrogen-bond acceptors (Lipinski definition) is 4. The van der Waals surface area contributed by atoms with Crippen molar-refractivity contribution in [1.29, 1.82) is 0 Å². The molecule has 0 unspecified atom stereocenters. The zero-order chi connectivity index (χ0) is 35.3. The molecule has 266 valence electrons. The van der Waals surface area contributed by atoms with Gasteiger partial charge in [-0.2, -0.15) is 18.8 Å². The molecule has 1 aliphatic rings. The van der Waals surface area contributed by atoms with Crippen molar-refractivity contribution in [2.75, 3.05) is 4.90 Å². The summed E-state index contributed by atoms with van der Waals surface area (Å²) in [6.45, 7) is 22.4. The summed E-state index contributed by atoms with van der Waals surface area (Å²) in [7, 11) is 0. The maximum atomic E-state index is 6.45. The zero-order valence-electron chi connectivity index (χ0n) is 31.1. The molecular weight excluding hydrogens is 808 g/mol. The average molecular weight is 855 g/mol. The molecule has 0 amide bonds. The van der Waals surface area contributed by atoms with E-state index in [0.29, 0.717) is 29.3 Å². The number of nitrogens with zero attached hydrogens (tertiary/aromatic N) is 4. The Morgan fingerprint density at radius 1 is 0.725 bits per heavy atom. The SMILES string of the molecule is CC(C)c1cc(C(C)C)c(-c2ccnc(-n3c4[c-]c(Oc5[c-]c(N6C=CN(C(C)(C)C)[CH-]6)ccc5)ccc4c4ccccc43)c2)c(C(C)C)c1.[Pt]. The minimum Gasteiger partial charge on any atom is -0.509 e. The van der Waals surface area contributed by atoms with Crippen molar-refractivity contribution in [3.8, 4) is 28.4 Å². The van der Waals surface area contributed by atoms with E-state index in [1.54, 1.807) is 0 Å². The summed E-state index contributed by atoms with van der Waals surface area (Å²) < 4.78 is 8.67. The summed E-state index contributed by atoms with van der Waals surface area (Å²) in [5.41, 5.74) is 9.56. The van der Waals surface area contributed by atoms with Crippen molar-refractivity contribution >= 4 is 27.5 Å². The Labute approximate surface area is 318 Å². The number of aromatic nitrogens is 2. The fourth-order valence-electron chi connectivity index (χ4n) is 6.82. The number of anilines is 1. The van der Waals surface area contributed by atoms with Crippen LogP contribution < -0.4 is 9.64 Å². The molecule has 0 saturated heterocycles. The minimum atomic E-state index is -0.0115. The molecule has 0 atom stereocenters. The third kappa shape index (κ3) is 7.11. The topological polar surface area (TPSA) is 33.5 Å². The fourth-order valence-corrected chi connectivity index (χ4v) is 6.82. The molecule has 0 N–H and O–H groups in total. The number of ether oxygens (including phenoxy) is 1. The van der Waals surface area contributed by atoms with Gasteiger partial charge in [0.25, 0.3) is 0 Å². The van der Waals surface area contributed by atoms with Gasteiger partial charge < -0.3 is 19.1 Å². The zero-order valence-corrected chi connectivity index (χ0v) is 33.3. The number of hydrogen-bond donors (Lipinski definition) is 0. The van der Waals surface area contributed by atoms with Crippen LogP contribution in [0.4, 0.5) is 5.69 Å². The summed E-state index contributed by atoms with van der Waals surface area (Å²) in [6, 6.07) is 34.9. The molecule has 0 radical (unpaired) electrons. The van der Waals surface area contributed by atoms with E-state index in [-0.39, 0.29) is 26.6 Å². The van der Waals surface area contributed by atoms with Gasteiger partial charge >= 0.3 is 0 Å². The molecule has 6 aromatic rings. The van der Waals surface area contributed by atoms with Gasteiger partial charge in [-0.05, 0) is 102 Å². The Kier molecular flexibility index (Phi) is 10.3. The number of benzene rings is 4. The summed E-state index contributed by atoms with van der Waals surface area (Å²) in [6.07, 6.45) is 6.08. The smallest absolute Gasteiger partial charge is 0.136 e. The Balaban J connectivity index is 0.00000448. The van der Waals surface area contributed by atoms with Crippen LogP contribution in [0.5, 0.6) is 11.5 Å².